The van der Waals surface area contributed by atoms with Crippen molar-refractivity contribution in [3.63, 3.8) is 0 Å². The van der Waals surface area contributed by atoms with Crippen molar-refractivity contribution in [3.8, 4) is 0 Å². The molecular weight excluding hydrogens is 236 g/mol. The van der Waals surface area contributed by atoms with E-state index in [0.29, 0.717) is 6.04 Å². The van der Waals surface area contributed by atoms with Gasteiger partial charge >= 0.3 is 0 Å². The van der Waals surface area contributed by atoms with Gasteiger partial charge in [0.15, 0.2) is 0 Å². The smallest absolute Gasteiger partial charge is 0.0602 e. The molecule has 4 heteroatoms. The highest BCUT2D eigenvalue weighted by Gasteiger charge is 2.11. The number of hydrogen-bond acceptors (Lipinski definition) is 4. The van der Waals surface area contributed by atoms with E-state index in [1.807, 2.05) is 19.2 Å². The van der Waals surface area contributed by atoms with Crippen LogP contribution in [0, 0.1) is 6.92 Å². The average molecular weight is 256 g/mol. The number of rotatable bonds is 5. The minimum atomic E-state index is 0.402. The van der Waals surface area contributed by atoms with E-state index in [1.165, 1.54) is 0 Å². The van der Waals surface area contributed by atoms with Gasteiger partial charge in [0.05, 0.1) is 11.4 Å². The molecule has 100 valence electrons. The third kappa shape index (κ3) is 4.10. The Kier molecular flexibility index (Phi) is 4.58. The van der Waals surface area contributed by atoms with Gasteiger partial charge in [-0.05, 0) is 33.0 Å². The minimum Gasteiger partial charge on any atom is -0.297 e. The molecule has 1 atom stereocenters. The summed E-state index contributed by atoms with van der Waals surface area (Å²) in [5.41, 5.74) is 3.19. The van der Waals surface area contributed by atoms with Crippen LogP contribution in [-0.4, -0.2) is 32.9 Å². The zero-order chi connectivity index (χ0) is 13.7. The minimum absolute atomic E-state index is 0.402. The first-order chi connectivity index (χ1) is 9.15. The van der Waals surface area contributed by atoms with Gasteiger partial charge < -0.3 is 0 Å². The summed E-state index contributed by atoms with van der Waals surface area (Å²) in [6, 6.07) is 6.54. The lowest BCUT2D eigenvalue weighted by Gasteiger charge is -2.24. The van der Waals surface area contributed by atoms with Gasteiger partial charge in [0.2, 0.25) is 0 Å². The van der Waals surface area contributed by atoms with Crippen molar-refractivity contribution < 1.29 is 0 Å². The van der Waals surface area contributed by atoms with Gasteiger partial charge in [-0.3, -0.25) is 19.9 Å². The highest BCUT2D eigenvalue weighted by Crippen LogP contribution is 2.08. The lowest BCUT2D eigenvalue weighted by Crippen LogP contribution is -2.31. The van der Waals surface area contributed by atoms with Crippen LogP contribution in [0.2, 0.25) is 0 Å². The summed E-state index contributed by atoms with van der Waals surface area (Å²) in [6.45, 7) is 5.07. The fourth-order valence-corrected chi connectivity index (χ4v) is 1.99. The van der Waals surface area contributed by atoms with Crippen LogP contribution in [0.5, 0.6) is 0 Å². The van der Waals surface area contributed by atoms with E-state index < -0.39 is 0 Å². The van der Waals surface area contributed by atoms with Gasteiger partial charge in [0.25, 0.3) is 0 Å². The molecule has 0 bridgehead atoms. The molecular formula is C15H20N4. The Bertz CT molecular complexity index is 513. The molecule has 0 spiro atoms. The highest BCUT2D eigenvalue weighted by molar-refractivity contribution is 5.10. The van der Waals surface area contributed by atoms with Crippen LogP contribution in [0.4, 0.5) is 0 Å². The molecule has 19 heavy (non-hydrogen) atoms. The molecule has 0 N–H and O–H groups in total. The SMILES string of the molecule is Cc1cccc(CN(C)[C@H](C)Cc2cnccn2)n1. The molecule has 2 heterocycles. The molecule has 4 nitrogen and oxygen atoms in total. The van der Waals surface area contributed by atoms with Crippen LogP contribution >= 0.6 is 0 Å². The molecule has 0 unspecified atom stereocenters. The van der Waals surface area contributed by atoms with Gasteiger partial charge in [-0.1, -0.05) is 6.07 Å². The Balaban J connectivity index is 1.94. The molecule has 0 aliphatic carbocycles. The summed E-state index contributed by atoms with van der Waals surface area (Å²) in [7, 11) is 2.12. The molecule has 2 rings (SSSR count). The Labute approximate surface area is 114 Å². The van der Waals surface area contributed by atoms with E-state index in [0.717, 1.165) is 30.0 Å². The van der Waals surface area contributed by atoms with Gasteiger partial charge in [-0.15, -0.1) is 0 Å². The lowest BCUT2D eigenvalue weighted by atomic mass is 10.1. The van der Waals surface area contributed by atoms with Crippen molar-refractivity contribution in [2.45, 2.75) is 32.9 Å². The fraction of sp³-hybridized carbons (Fsp3) is 0.400. The van der Waals surface area contributed by atoms with Crippen molar-refractivity contribution in [1.82, 2.24) is 19.9 Å². The highest BCUT2D eigenvalue weighted by atomic mass is 15.1. The van der Waals surface area contributed by atoms with Crippen LogP contribution in [-0.2, 0) is 13.0 Å². The summed E-state index contributed by atoms with van der Waals surface area (Å²) in [5.74, 6) is 0. The maximum Gasteiger partial charge on any atom is 0.0602 e. The zero-order valence-electron chi connectivity index (χ0n) is 11.7. The molecule has 0 fully saturated rings. The molecule has 0 aliphatic rings. The number of hydrogen-bond donors (Lipinski definition) is 0. The molecule has 0 amide bonds. The van der Waals surface area contributed by atoms with Crippen LogP contribution in [0.25, 0.3) is 0 Å². The molecule has 0 aromatic carbocycles. The van der Waals surface area contributed by atoms with Crippen molar-refractivity contribution in [3.05, 3.63) is 53.9 Å². The van der Waals surface area contributed by atoms with Crippen LogP contribution < -0.4 is 0 Å². The summed E-state index contributed by atoms with van der Waals surface area (Å²) in [6.07, 6.45) is 6.17. The topological polar surface area (TPSA) is 41.9 Å². The first-order valence-corrected chi connectivity index (χ1v) is 6.53. The second-order valence-electron chi connectivity index (χ2n) is 4.94. The molecule has 0 radical (unpaired) electrons. The van der Waals surface area contributed by atoms with Crippen molar-refractivity contribution in [2.75, 3.05) is 7.05 Å². The van der Waals surface area contributed by atoms with Gasteiger partial charge in [0, 0.05) is 43.3 Å². The molecule has 0 saturated heterocycles. The lowest BCUT2D eigenvalue weighted by molar-refractivity contribution is 0.244. The zero-order valence-corrected chi connectivity index (χ0v) is 11.7. The van der Waals surface area contributed by atoms with Crippen LogP contribution in [0.15, 0.2) is 36.8 Å². The molecule has 0 aliphatic heterocycles. The van der Waals surface area contributed by atoms with Crippen molar-refractivity contribution in [1.29, 1.82) is 0 Å². The summed E-state index contributed by atoms with van der Waals surface area (Å²) < 4.78 is 0. The first-order valence-electron chi connectivity index (χ1n) is 6.53. The average Bonchev–Trinajstić information content (AvgIpc) is 2.40. The number of aromatic nitrogens is 3. The summed E-state index contributed by atoms with van der Waals surface area (Å²) in [4.78, 5) is 15.2. The second-order valence-corrected chi connectivity index (χ2v) is 4.94. The quantitative estimate of drug-likeness (QED) is 0.823. The number of aryl methyl sites for hydroxylation is 1. The van der Waals surface area contributed by atoms with Crippen molar-refractivity contribution in [2.24, 2.45) is 0 Å². The van der Waals surface area contributed by atoms with Gasteiger partial charge in [-0.25, -0.2) is 0 Å². The van der Waals surface area contributed by atoms with Gasteiger partial charge in [0.1, 0.15) is 0 Å². The predicted molar refractivity (Wildman–Crippen MR) is 75.6 cm³/mol. The third-order valence-corrected chi connectivity index (χ3v) is 3.23. The summed E-state index contributed by atoms with van der Waals surface area (Å²) >= 11 is 0. The van der Waals surface area contributed by atoms with E-state index in [-0.39, 0.29) is 0 Å². The fourth-order valence-electron chi connectivity index (χ4n) is 1.99. The van der Waals surface area contributed by atoms with E-state index in [2.05, 4.69) is 46.0 Å². The number of likely N-dealkylation sites (N-methyl/N-ethyl adjacent to an activating group) is 1. The van der Waals surface area contributed by atoms with E-state index in [1.54, 1.807) is 12.4 Å². The largest absolute Gasteiger partial charge is 0.297 e. The predicted octanol–water partition coefficient (Wildman–Crippen LogP) is 2.24. The Morgan fingerprint density at radius 3 is 2.74 bits per heavy atom. The second kappa shape index (κ2) is 6.38. The van der Waals surface area contributed by atoms with Crippen LogP contribution in [0.1, 0.15) is 24.0 Å². The molecule has 0 saturated carbocycles. The number of pyridine rings is 1. The maximum atomic E-state index is 4.53. The van der Waals surface area contributed by atoms with Gasteiger partial charge in [-0.2, -0.15) is 0 Å². The monoisotopic (exact) mass is 256 g/mol. The third-order valence-electron chi connectivity index (χ3n) is 3.23. The maximum absolute atomic E-state index is 4.53. The first kappa shape index (κ1) is 13.6. The normalized spacial score (nSPS) is 12.6. The Hall–Kier alpha value is -1.81. The van der Waals surface area contributed by atoms with E-state index in [4.69, 9.17) is 0 Å². The molecule has 2 aromatic rings. The Morgan fingerprint density at radius 2 is 2.05 bits per heavy atom. The van der Waals surface area contributed by atoms with Crippen LogP contribution in [0.3, 0.4) is 0 Å². The van der Waals surface area contributed by atoms with E-state index in [9.17, 15) is 0 Å². The summed E-state index contributed by atoms with van der Waals surface area (Å²) in [5, 5.41) is 0. The molecule has 2 aromatic heterocycles. The standard InChI is InChI=1S/C15H20N4/c1-12-5-4-6-14(18-12)11-19(3)13(2)9-15-10-16-7-8-17-15/h4-8,10,13H,9,11H2,1-3H3/t13-/m1/s1. The van der Waals surface area contributed by atoms with E-state index >= 15 is 0 Å². The van der Waals surface area contributed by atoms with Crippen molar-refractivity contribution >= 4 is 0 Å². The Morgan fingerprint density at radius 1 is 1.21 bits per heavy atom. The number of nitrogens with zero attached hydrogens (tertiary/aromatic N) is 4.